The van der Waals surface area contributed by atoms with E-state index in [1.54, 1.807) is 7.11 Å². The Bertz CT molecular complexity index is 280. The Labute approximate surface area is 76.4 Å². The molecule has 2 unspecified atom stereocenters. The first-order valence-electron chi connectivity index (χ1n) is 3.94. The van der Waals surface area contributed by atoms with Gasteiger partial charge in [-0.25, -0.2) is 4.99 Å². The Morgan fingerprint density at radius 1 is 1.58 bits per heavy atom. The molecule has 2 rings (SSSR count). The highest BCUT2D eigenvalue weighted by atomic mass is 32.2. The summed E-state index contributed by atoms with van der Waals surface area (Å²) in [7, 11) is 1.66. The summed E-state index contributed by atoms with van der Waals surface area (Å²) in [5, 5.41) is 0.324. The van der Waals surface area contributed by atoms with E-state index in [1.807, 2.05) is 17.8 Å². The minimum absolute atomic E-state index is 0.324. The van der Waals surface area contributed by atoms with Crippen LogP contribution in [0.5, 0.6) is 0 Å². The molecule has 0 aromatic carbocycles. The normalized spacial score (nSPS) is 32.5. The number of hydrogen-bond acceptors (Lipinski definition) is 3. The lowest BCUT2D eigenvalue weighted by atomic mass is 10.1. The average Bonchev–Trinajstić information content (AvgIpc) is 2.43. The highest BCUT2D eigenvalue weighted by Crippen LogP contribution is 2.39. The van der Waals surface area contributed by atoms with Gasteiger partial charge in [0.2, 0.25) is 5.90 Å². The lowest BCUT2D eigenvalue weighted by Gasteiger charge is -2.15. The van der Waals surface area contributed by atoms with Gasteiger partial charge in [-0.15, -0.1) is 11.8 Å². The maximum atomic E-state index is 5.06. The van der Waals surface area contributed by atoms with E-state index in [4.69, 9.17) is 4.74 Å². The molecular formula is C9H11NOS. The minimum atomic E-state index is 0.324. The van der Waals surface area contributed by atoms with E-state index in [1.165, 1.54) is 4.91 Å². The van der Waals surface area contributed by atoms with E-state index < -0.39 is 0 Å². The van der Waals surface area contributed by atoms with Gasteiger partial charge < -0.3 is 4.74 Å². The molecule has 12 heavy (non-hydrogen) atoms. The van der Waals surface area contributed by atoms with Crippen molar-refractivity contribution in [2.45, 2.75) is 12.3 Å². The monoisotopic (exact) mass is 181 g/mol. The third kappa shape index (κ3) is 1.29. The summed E-state index contributed by atoms with van der Waals surface area (Å²) in [5.74, 6) is 1.22. The zero-order valence-corrected chi connectivity index (χ0v) is 7.97. The summed E-state index contributed by atoms with van der Waals surface area (Å²) in [6.07, 6.45) is 6.35. The fourth-order valence-electron chi connectivity index (χ4n) is 1.41. The van der Waals surface area contributed by atoms with Crippen LogP contribution in [-0.4, -0.2) is 18.4 Å². The first kappa shape index (κ1) is 7.92. The molecule has 2 nitrogen and oxygen atoms in total. The molecule has 2 atom stereocenters. The summed E-state index contributed by atoms with van der Waals surface area (Å²) in [6.45, 7) is 2.12. The molecule has 0 N–H and O–H groups in total. The highest BCUT2D eigenvalue weighted by Gasteiger charge is 2.26. The van der Waals surface area contributed by atoms with E-state index in [-0.39, 0.29) is 0 Å². The van der Waals surface area contributed by atoms with E-state index >= 15 is 0 Å². The quantitative estimate of drug-likeness (QED) is 0.571. The van der Waals surface area contributed by atoms with Gasteiger partial charge >= 0.3 is 0 Å². The molecule has 0 radical (unpaired) electrons. The summed E-state index contributed by atoms with van der Waals surface area (Å²) >= 11 is 1.81. The van der Waals surface area contributed by atoms with Crippen LogP contribution < -0.4 is 0 Å². The zero-order valence-electron chi connectivity index (χ0n) is 7.15. The second-order valence-corrected chi connectivity index (χ2v) is 4.26. The number of rotatable bonds is 0. The topological polar surface area (TPSA) is 21.6 Å². The first-order chi connectivity index (χ1) is 5.79. The number of ether oxygens (including phenoxy) is 1. The molecule has 0 fully saturated rings. The van der Waals surface area contributed by atoms with Gasteiger partial charge in [-0.05, 0) is 17.9 Å². The van der Waals surface area contributed by atoms with Crippen molar-refractivity contribution in [3.8, 4) is 0 Å². The largest absolute Gasteiger partial charge is 0.481 e. The predicted molar refractivity (Wildman–Crippen MR) is 52.2 cm³/mol. The lowest BCUT2D eigenvalue weighted by Crippen LogP contribution is -2.15. The summed E-state index contributed by atoms with van der Waals surface area (Å²) in [6, 6.07) is 0. The molecule has 0 bridgehead atoms. The lowest BCUT2D eigenvalue weighted by molar-refractivity contribution is 0.401. The molecule has 0 saturated carbocycles. The Morgan fingerprint density at radius 2 is 2.42 bits per heavy atom. The van der Waals surface area contributed by atoms with Crippen molar-refractivity contribution in [3.63, 3.8) is 0 Å². The van der Waals surface area contributed by atoms with Gasteiger partial charge in [-0.3, -0.25) is 0 Å². The van der Waals surface area contributed by atoms with Gasteiger partial charge in [0.25, 0.3) is 0 Å². The van der Waals surface area contributed by atoms with Crippen LogP contribution in [0.25, 0.3) is 0 Å². The van der Waals surface area contributed by atoms with Crippen molar-refractivity contribution < 1.29 is 4.74 Å². The van der Waals surface area contributed by atoms with Crippen molar-refractivity contribution in [1.29, 1.82) is 0 Å². The molecule has 2 aliphatic heterocycles. The average molecular weight is 181 g/mol. The summed E-state index contributed by atoms with van der Waals surface area (Å²) < 4.78 is 5.06. The predicted octanol–water partition coefficient (Wildman–Crippen LogP) is 2.19. The molecule has 0 saturated heterocycles. The minimum Gasteiger partial charge on any atom is -0.481 e. The molecular weight excluding hydrogens is 170 g/mol. The fourth-order valence-corrected chi connectivity index (χ4v) is 2.51. The second kappa shape index (κ2) is 2.98. The molecule has 64 valence electrons. The Morgan fingerprint density at radius 3 is 3.17 bits per heavy atom. The van der Waals surface area contributed by atoms with Crippen LogP contribution in [-0.2, 0) is 4.74 Å². The van der Waals surface area contributed by atoms with Crippen LogP contribution in [0.15, 0.2) is 28.1 Å². The number of hydrogen-bond donors (Lipinski definition) is 0. The fraction of sp³-hybridized carbons (Fsp3) is 0.444. The van der Waals surface area contributed by atoms with Crippen LogP contribution in [0.4, 0.5) is 0 Å². The first-order valence-corrected chi connectivity index (χ1v) is 4.82. The van der Waals surface area contributed by atoms with Gasteiger partial charge in [0, 0.05) is 5.92 Å². The van der Waals surface area contributed by atoms with Gasteiger partial charge in [0.05, 0.1) is 7.11 Å². The zero-order chi connectivity index (χ0) is 8.55. The number of aliphatic imine (C=N–C) groups is 1. The number of nitrogens with zero attached hydrogens (tertiary/aromatic N) is 1. The molecule has 2 heterocycles. The van der Waals surface area contributed by atoms with Gasteiger partial charge in [0.1, 0.15) is 5.37 Å². The van der Waals surface area contributed by atoms with Crippen LogP contribution in [0.1, 0.15) is 6.92 Å². The van der Waals surface area contributed by atoms with Crippen LogP contribution >= 0.6 is 11.8 Å². The Kier molecular flexibility index (Phi) is 1.97. The number of dihydropyridines is 1. The van der Waals surface area contributed by atoms with Crippen molar-refractivity contribution in [1.82, 2.24) is 0 Å². The molecule has 3 heteroatoms. The number of allylic oxidation sites excluding steroid dienone is 1. The van der Waals surface area contributed by atoms with Gasteiger partial charge in [0.15, 0.2) is 0 Å². The molecule has 0 spiro atoms. The summed E-state index contributed by atoms with van der Waals surface area (Å²) in [4.78, 5) is 5.79. The Hall–Kier alpha value is -0.700. The van der Waals surface area contributed by atoms with Gasteiger partial charge in [-0.1, -0.05) is 12.2 Å². The van der Waals surface area contributed by atoms with Crippen molar-refractivity contribution in [2.24, 2.45) is 10.9 Å². The van der Waals surface area contributed by atoms with Gasteiger partial charge in [-0.2, -0.15) is 0 Å². The Balaban J connectivity index is 2.18. The number of fused-ring (bicyclic) bond motifs is 1. The number of thioether (sulfide) groups is 1. The van der Waals surface area contributed by atoms with E-state index in [0.717, 1.165) is 5.90 Å². The molecule has 2 aliphatic rings. The van der Waals surface area contributed by atoms with E-state index in [2.05, 4.69) is 24.1 Å². The van der Waals surface area contributed by atoms with Crippen molar-refractivity contribution in [2.75, 3.05) is 7.11 Å². The van der Waals surface area contributed by atoms with E-state index in [9.17, 15) is 0 Å². The van der Waals surface area contributed by atoms with Crippen LogP contribution in [0.2, 0.25) is 0 Å². The third-order valence-corrected chi connectivity index (χ3v) is 3.16. The second-order valence-electron chi connectivity index (χ2n) is 2.89. The van der Waals surface area contributed by atoms with Crippen molar-refractivity contribution >= 4 is 17.7 Å². The third-order valence-electron chi connectivity index (χ3n) is 1.99. The molecule has 0 aromatic rings. The van der Waals surface area contributed by atoms with Crippen LogP contribution in [0.3, 0.4) is 0 Å². The van der Waals surface area contributed by atoms with Crippen molar-refractivity contribution in [3.05, 3.63) is 23.1 Å². The smallest absolute Gasteiger partial charge is 0.209 e. The van der Waals surface area contributed by atoms with E-state index in [0.29, 0.717) is 11.3 Å². The highest BCUT2D eigenvalue weighted by molar-refractivity contribution is 8.03. The standard InChI is InChI=1S/C9H11NOS/c1-6-5-7-3-4-8(11-2)10-9(7)12-6/h3-5,7,9H,1-2H3. The summed E-state index contributed by atoms with van der Waals surface area (Å²) in [5.41, 5.74) is 0. The molecule has 0 aromatic heterocycles. The molecule has 0 amide bonds. The molecule has 0 aliphatic carbocycles. The maximum Gasteiger partial charge on any atom is 0.209 e. The maximum absolute atomic E-state index is 5.06. The number of methoxy groups -OCH3 is 1. The SMILES string of the molecule is COC1=NC2SC(C)=CC2C=C1. The van der Waals surface area contributed by atoms with Crippen LogP contribution in [0, 0.1) is 5.92 Å².